The third-order valence-electron chi connectivity index (χ3n) is 5.87. The lowest BCUT2D eigenvalue weighted by molar-refractivity contribution is 0.0564. The molecule has 8 nitrogen and oxygen atoms in total. The minimum Gasteiger partial charge on any atom is -0.449 e. The maximum Gasteiger partial charge on any atom is 0.411 e. The molecule has 2 aliphatic rings. The van der Waals surface area contributed by atoms with Crippen LogP contribution in [0.4, 0.5) is 18.0 Å². The Hall–Kier alpha value is -3.64. The van der Waals surface area contributed by atoms with Crippen molar-refractivity contribution in [3.63, 3.8) is 0 Å². The van der Waals surface area contributed by atoms with Gasteiger partial charge in [-0.05, 0) is 18.2 Å². The van der Waals surface area contributed by atoms with Crippen molar-refractivity contribution < 1.29 is 22.7 Å². The molecule has 1 saturated heterocycles. The Bertz CT molecular complexity index is 1390. The third-order valence-corrected chi connectivity index (χ3v) is 6.96. The van der Waals surface area contributed by atoms with Crippen LogP contribution in [0.1, 0.15) is 35.3 Å². The molecule has 1 aromatic carbocycles. The molecule has 1 fully saturated rings. The average Bonchev–Trinajstić information content (AvgIpc) is 3.56. The van der Waals surface area contributed by atoms with Crippen LogP contribution >= 0.6 is 22.9 Å². The zero-order valence-corrected chi connectivity index (χ0v) is 20.8. The molecule has 2 aliphatic heterocycles. The summed E-state index contributed by atoms with van der Waals surface area (Å²) in [7, 11) is 0. The number of benzene rings is 1. The zero-order chi connectivity index (χ0) is 26.1. The number of amidine groups is 1. The molecule has 0 saturated carbocycles. The van der Waals surface area contributed by atoms with Gasteiger partial charge < -0.3 is 9.64 Å². The molecule has 1 atom stereocenters. The molecule has 0 bridgehead atoms. The topological polar surface area (TPSA) is 75.8 Å². The summed E-state index contributed by atoms with van der Waals surface area (Å²) in [5.74, 6) is -0.0689. The van der Waals surface area contributed by atoms with Crippen molar-refractivity contribution in [2.75, 3.05) is 19.8 Å². The van der Waals surface area contributed by atoms with E-state index in [1.165, 1.54) is 46.7 Å². The van der Waals surface area contributed by atoms with Crippen LogP contribution in [-0.4, -0.2) is 56.3 Å². The van der Waals surface area contributed by atoms with Gasteiger partial charge in [0, 0.05) is 52.6 Å². The number of rotatable bonds is 6. The van der Waals surface area contributed by atoms with E-state index in [0.29, 0.717) is 32.4 Å². The van der Waals surface area contributed by atoms with Crippen molar-refractivity contribution in [3.05, 3.63) is 87.5 Å². The fourth-order valence-corrected chi connectivity index (χ4v) is 5.19. The molecule has 4 heterocycles. The Morgan fingerprint density at radius 1 is 1.32 bits per heavy atom. The highest BCUT2D eigenvalue weighted by Gasteiger charge is 2.38. The minimum absolute atomic E-state index is 0.0202. The summed E-state index contributed by atoms with van der Waals surface area (Å²) in [6.45, 7) is 1.14. The fourth-order valence-electron chi connectivity index (χ4n) is 4.28. The molecule has 13 heteroatoms. The first-order chi connectivity index (χ1) is 17.9. The van der Waals surface area contributed by atoms with Gasteiger partial charge in [-0.15, -0.1) is 17.9 Å². The van der Waals surface area contributed by atoms with Crippen LogP contribution in [0.25, 0.3) is 5.57 Å². The Morgan fingerprint density at radius 2 is 2.16 bits per heavy atom. The van der Waals surface area contributed by atoms with E-state index in [-0.39, 0.29) is 37.0 Å². The van der Waals surface area contributed by atoms with E-state index in [4.69, 9.17) is 21.3 Å². The van der Waals surface area contributed by atoms with Gasteiger partial charge in [0.25, 0.3) is 0 Å². The molecule has 0 spiro atoms. The van der Waals surface area contributed by atoms with Gasteiger partial charge in [0.15, 0.2) is 10.8 Å². The van der Waals surface area contributed by atoms with E-state index in [1.54, 1.807) is 17.7 Å². The van der Waals surface area contributed by atoms with E-state index >= 15 is 0 Å². The average molecular weight is 549 g/mol. The van der Waals surface area contributed by atoms with E-state index in [2.05, 4.69) is 16.7 Å². The molecule has 0 radical (unpaired) electrons. The largest absolute Gasteiger partial charge is 0.449 e. The minimum atomic E-state index is -2.84. The van der Waals surface area contributed by atoms with Crippen LogP contribution in [0.3, 0.4) is 0 Å². The maximum absolute atomic E-state index is 13.9. The number of carbonyl (C=O) groups is 1. The second-order valence-corrected chi connectivity index (χ2v) is 9.42. The van der Waals surface area contributed by atoms with Gasteiger partial charge in [0.2, 0.25) is 0 Å². The molecule has 0 aliphatic carbocycles. The Labute approximate surface area is 218 Å². The van der Waals surface area contributed by atoms with Crippen molar-refractivity contribution in [2.24, 2.45) is 4.99 Å². The van der Waals surface area contributed by atoms with Gasteiger partial charge in [0.1, 0.15) is 18.5 Å². The number of alkyl halides is 2. The first-order valence-electron chi connectivity index (χ1n) is 11.2. The van der Waals surface area contributed by atoms with Crippen LogP contribution in [0.5, 0.6) is 0 Å². The molecule has 192 valence electrons. The molecule has 5 rings (SSSR count). The Morgan fingerprint density at radius 3 is 2.84 bits per heavy atom. The molecule has 2 aromatic heterocycles. The van der Waals surface area contributed by atoms with Crippen molar-refractivity contribution in [2.45, 2.75) is 19.0 Å². The van der Waals surface area contributed by atoms with E-state index in [1.807, 2.05) is 4.90 Å². The van der Waals surface area contributed by atoms with Crippen LogP contribution < -0.4 is 0 Å². The molecular formula is C24H20ClF3N6O2S. The lowest BCUT2D eigenvalue weighted by Crippen LogP contribution is -2.48. The van der Waals surface area contributed by atoms with Crippen molar-refractivity contribution in [3.8, 4) is 0 Å². The van der Waals surface area contributed by atoms with E-state index < -0.39 is 24.5 Å². The Balaban J connectivity index is 1.75. The number of amides is 1. The van der Waals surface area contributed by atoms with Crippen molar-refractivity contribution in [1.82, 2.24) is 24.6 Å². The smallest absolute Gasteiger partial charge is 0.411 e. The van der Waals surface area contributed by atoms with Crippen LogP contribution in [0, 0.1) is 5.82 Å². The number of hydrogen-bond acceptors (Lipinski definition) is 7. The van der Waals surface area contributed by atoms with Gasteiger partial charge in [0.05, 0.1) is 12.3 Å². The summed E-state index contributed by atoms with van der Waals surface area (Å²) >= 11 is 7.82. The predicted octanol–water partition coefficient (Wildman–Crippen LogP) is 5.73. The predicted molar refractivity (Wildman–Crippen MR) is 133 cm³/mol. The standard InChI is InChI=1S/C24H20ClF3N6O2S/c1-2-8-32-13-33-18(6-10-36-24(32)35)19(17-5-9-34(31-17)23(27)28)20(15-4-3-14(26)12-16(15)25)30-21(33)22-29-7-11-37-22/h2-5,7,9,11-12,20,23H,1,6,8,10,13H2/t20-/m0/s1. The first kappa shape index (κ1) is 25.0. The normalized spacial score (nSPS) is 18.4. The molecular weight excluding hydrogens is 529 g/mol. The second-order valence-electron chi connectivity index (χ2n) is 8.12. The highest BCUT2D eigenvalue weighted by molar-refractivity contribution is 7.11. The lowest BCUT2D eigenvalue weighted by atomic mass is 9.91. The monoisotopic (exact) mass is 548 g/mol. The quantitative estimate of drug-likeness (QED) is 0.368. The maximum atomic E-state index is 13.9. The number of ether oxygens (including phenoxy) is 1. The third kappa shape index (κ3) is 4.86. The number of halogens is 4. The van der Waals surface area contributed by atoms with Crippen LogP contribution in [0.2, 0.25) is 5.02 Å². The number of hydrogen-bond donors (Lipinski definition) is 0. The molecule has 3 aromatic rings. The number of cyclic esters (lactones) is 1. The number of thiazole rings is 1. The lowest BCUT2D eigenvalue weighted by Gasteiger charge is -2.40. The highest BCUT2D eigenvalue weighted by atomic mass is 35.5. The zero-order valence-electron chi connectivity index (χ0n) is 19.2. The molecule has 1 amide bonds. The van der Waals surface area contributed by atoms with Gasteiger partial charge in [-0.1, -0.05) is 23.7 Å². The Kier molecular flexibility index (Phi) is 7.02. The SMILES string of the molecule is C=CCN1CN2C(c3nccs3)=N[C@@H](c3ccc(F)cc3Cl)C(c3ccn(C(F)F)n3)=C2CCOC1=O. The summed E-state index contributed by atoms with van der Waals surface area (Å²) < 4.78 is 46.8. The summed E-state index contributed by atoms with van der Waals surface area (Å²) in [6.07, 6.45) is 4.09. The van der Waals surface area contributed by atoms with Gasteiger partial charge in [-0.25, -0.2) is 18.9 Å². The molecule has 37 heavy (non-hydrogen) atoms. The first-order valence-corrected chi connectivity index (χ1v) is 12.4. The summed E-state index contributed by atoms with van der Waals surface area (Å²) in [4.78, 5) is 25.3. The summed E-state index contributed by atoms with van der Waals surface area (Å²) in [5.41, 5.74) is 1.85. The highest BCUT2D eigenvalue weighted by Crippen LogP contribution is 2.44. The van der Waals surface area contributed by atoms with E-state index in [9.17, 15) is 18.0 Å². The van der Waals surface area contributed by atoms with Crippen LogP contribution in [0.15, 0.2) is 65.4 Å². The van der Waals surface area contributed by atoms with Gasteiger partial charge in [-0.3, -0.25) is 9.89 Å². The van der Waals surface area contributed by atoms with Crippen molar-refractivity contribution in [1.29, 1.82) is 0 Å². The van der Waals surface area contributed by atoms with Crippen molar-refractivity contribution >= 4 is 40.4 Å². The number of nitrogens with zero attached hydrogens (tertiary/aromatic N) is 6. The van der Waals surface area contributed by atoms with E-state index in [0.717, 1.165) is 0 Å². The number of fused-ring (bicyclic) bond motifs is 1. The number of aliphatic imine (C=N–C) groups is 1. The summed E-state index contributed by atoms with van der Waals surface area (Å²) in [6, 6.07) is 4.60. The van der Waals surface area contributed by atoms with Gasteiger partial charge >= 0.3 is 12.6 Å². The molecule has 0 unspecified atom stereocenters. The van der Waals surface area contributed by atoms with Gasteiger partial charge in [-0.2, -0.15) is 13.9 Å². The number of aromatic nitrogens is 3. The molecule has 0 N–H and O–H groups in total. The second kappa shape index (κ2) is 10.4. The fraction of sp³-hybridized carbons (Fsp3) is 0.250. The summed E-state index contributed by atoms with van der Waals surface area (Å²) in [5, 5.41) is 6.59. The number of carbonyl (C=O) groups excluding carboxylic acids is 1. The van der Waals surface area contributed by atoms with Crippen LogP contribution in [-0.2, 0) is 4.74 Å².